The number of nitrogens with one attached hydrogen (secondary N) is 1. The Morgan fingerprint density at radius 3 is 2.68 bits per heavy atom. The van der Waals surface area contributed by atoms with Crippen LogP contribution in [0.1, 0.15) is 41.6 Å². The molecule has 5 rings (SSSR count). The van der Waals surface area contributed by atoms with Gasteiger partial charge < -0.3 is 10.2 Å². The van der Waals surface area contributed by atoms with E-state index in [0.29, 0.717) is 13.0 Å². The van der Waals surface area contributed by atoms with Gasteiger partial charge in [0, 0.05) is 24.7 Å². The highest BCUT2D eigenvalue weighted by molar-refractivity contribution is 6.06. The van der Waals surface area contributed by atoms with Crippen molar-refractivity contribution >= 4 is 28.1 Å². The second kappa shape index (κ2) is 8.78. The number of benzene rings is 2. The summed E-state index contributed by atoms with van der Waals surface area (Å²) in [6.45, 7) is 9.25. The van der Waals surface area contributed by atoms with Crippen LogP contribution in [0.3, 0.4) is 0 Å². The van der Waals surface area contributed by atoms with Gasteiger partial charge in [-0.15, -0.1) is 0 Å². The summed E-state index contributed by atoms with van der Waals surface area (Å²) in [5.41, 5.74) is 6.12. The van der Waals surface area contributed by atoms with Crippen LogP contribution in [-0.2, 0) is 22.7 Å². The Morgan fingerprint density at radius 2 is 1.88 bits per heavy atom. The number of aromatic nitrogens is 4. The highest BCUT2D eigenvalue weighted by atomic mass is 16.6. The molecule has 0 saturated carbocycles. The van der Waals surface area contributed by atoms with E-state index in [4.69, 9.17) is 9.94 Å². The van der Waals surface area contributed by atoms with E-state index in [1.807, 2.05) is 55.4 Å². The second-order valence-electron chi connectivity index (χ2n) is 8.65. The number of nitrogens with zero attached hydrogens (tertiary/aromatic N) is 5. The van der Waals surface area contributed by atoms with Crippen LogP contribution in [0.25, 0.3) is 10.8 Å². The lowest BCUT2D eigenvalue weighted by molar-refractivity contribution is -0.125. The van der Waals surface area contributed by atoms with Crippen LogP contribution in [0, 0.1) is 20.8 Å². The molecule has 3 heterocycles. The van der Waals surface area contributed by atoms with Gasteiger partial charge in [0.05, 0.1) is 35.0 Å². The molecule has 1 aliphatic rings. The van der Waals surface area contributed by atoms with Crippen molar-refractivity contribution in [1.82, 2.24) is 19.6 Å². The fraction of sp³-hybridized carbons (Fsp3) is 0.308. The third kappa shape index (κ3) is 3.96. The average Bonchev–Trinajstić information content (AvgIpc) is 3.53. The van der Waals surface area contributed by atoms with Gasteiger partial charge in [0.2, 0.25) is 6.10 Å². The smallest absolute Gasteiger partial charge is 0.268 e. The Morgan fingerprint density at radius 1 is 1.09 bits per heavy atom. The predicted molar refractivity (Wildman–Crippen MR) is 132 cm³/mol. The molecule has 0 spiro atoms. The number of rotatable bonds is 6. The lowest BCUT2D eigenvalue weighted by Crippen LogP contribution is -2.28. The number of anilines is 1. The minimum Gasteiger partial charge on any atom is -0.382 e. The molecule has 0 fully saturated rings. The van der Waals surface area contributed by atoms with E-state index in [-0.39, 0.29) is 5.91 Å². The maximum absolute atomic E-state index is 13.0. The topological polar surface area (TPSA) is 86.3 Å². The van der Waals surface area contributed by atoms with Gasteiger partial charge in [-0.3, -0.25) is 14.2 Å². The molecule has 0 bridgehead atoms. The Bertz CT molecular complexity index is 1410. The summed E-state index contributed by atoms with van der Waals surface area (Å²) >= 11 is 0. The molecule has 2 aromatic carbocycles. The van der Waals surface area contributed by atoms with Crippen LogP contribution in [0.15, 0.2) is 53.8 Å². The zero-order valence-electron chi connectivity index (χ0n) is 19.9. The van der Waals surface area contributed by atoms with Gasteiger partial charge in [0.25, 0.3) is 5.91 Å². The molecule has 8 nitrogen and oxygen atoms in total. The molecule has 1 N–H and O–H groups in total. The first-order chi connectivity index (χ1) is 16.4. The number of carbonyl (C=O) groups is 1. The van der Waals surface area contributed by atoms with Gasteiger partial charge in [-0.25, -0.2) is 0 Å². The minimum atomic E-state index is -0.681. The Labute approximate surface area is 198 Å². The van der Waals surface area contributed by atoms with Gasteiger partial charge in [0.15, 0.2) is 0 Å². The first-order valence-electron chi connectivity index (χ1n) is 11.5. The summed E-state index contributed by atoms with van der Waals surface area (Å²) in [5.74, 6) is -0.227. The second-order valence-corrected chi connectivity index (χ2v) is 8.65. The highest BCUT2D eigenvalue weighted by Crippen LogP contribution is 2.25. The number of hydrogen-bond acceptors (Lipinski definition) is 5. The molecule has 1 amide bonds. The standard InChI is InChI=1S/C26H28N6O2/c1-5-31-15-22(16(2)28-31)23-13-24(34-30-23)26(33)27-25-17(3)29-32(18(25)4)14-20-11-8-10-19-9-6-7-12-21(19)20/h6-12,15,24H,5,13-14H2,1-4H3,(H,27,33). The van der Waals surface area contributed by atoms with Crippen LogP contribution in [0.2, 0.25) is 0 Å². The molecule has 0 radical (unpaired) electrons. The van der Waals surface area contributed by atoms with E-state index in [1.54, 1.807) is 0 Å². The Kier molecular flexibility index (Phi) is 5.65. The molecule has 1 atom stereocenters. The fourth-order valence-corrected chi connectivity index (χ4v) is 4.47. The first kappa shape index (κ1) is 21.9. The molecule has 34 heavy (non-hydrogen) atoms. The summed E-state index contributed by atoms with van der Waals surface area (Å²) < 4.78 is 3.80. The molecule has 1 aliphatic heterocycles. The minimum absolute atomic E-state index is 0.227. The van der Waals surface area contributed by atoms with Gasteiger partial charge in [-0.2, -0.15) is 10.2 Å². The maximum Gasteiger partial charge on any atom is 0.268 e. The number of fused-ring (bicyclic) bond motifs is 1. The molecule has 8 heteroatoms. The third-order valence-corrected chi connectivity index (χ3v) is 6.37. The molecular weight excluding hydrogens is 428 g/mol. The lowest BCUT2D eigenvalue weighted by atomic mass is 10.0. The SMILES string of the molecule is CCn1cc(C2=NOC(C(=O)Nc3c(C)nn(Cc4cccc5ccccc45)c3C)C2)c(C)n1. The molecule has 2 aromatic heterocycles. The normalized spacial score (nSPS) is 15.4. The summed E-state index contributed by atoms with van der Waals surface area (Å²) in [5, 5.41) is 18.8. The zero-order chi connectivity index (χ0) is 23.8. The van der Waals surface area contributed by atoms with Crippen LogP contribution in [-0.4, -0.2) is 37.3 Å². The summed E-state index contributed by atoms with van der Waals surface area (Å²) in [6.07, 6.45) is 1.67. The molecule has 0 aliphatic carbocycles. The van der Waals surface area contributed by atoms with Gasteiger partial charge >= 0.3 is 0 Å². The molecule has 174 valence electrons. The number of oxime groups is 1. The van der Waals surface area contributed by atoms with Crippen molar-refractivity contribution < 1.29 is 9.63 Å². The van der Waals surface area contributed by atoms with Crippen molar-refractivity contribution in [2.24, 2.45) is 5.16 Å². The van der Waals surface area contributed by atoms with Crippen molar-refractivity contribution in [2.45, 2.75) is 53.3 Å². The van der Waals surface area contributed by atoms with Crippen molar-refractivity contribution in [1.29, 1.82) is 0 Å². The predicted octanol–water partition coefficient (Wildman–Crippen LogP) is 4.36. The van der Waals surface area contributed by atoms with Crippen LogP contribution in [0.5, 0.6) is 0 Å². The van der Waals surface area contributed by atoms with Gasteiger partial charge in [-0.05, 0) is 44.0 Å². The van der Waals surface area contributed by atoms with Crippen molar-refractivity contribution in [3.63, 3.8) is 0 Å². The number of amides is 1. The van der Waals surface area contributed by atoms with Crippen LogP contribution < -0.4 is 5.32 Å². The van der Waals surface area contributed by atoms with Gasteiger partial charge in [0.1, 0.15) is 0 Å². The average molecular weight is 457 g/mol. The van der Waals surface area contributed by atoms with Gasteiger partial charge in [-0.1, -0.05) is 47.6 Å². The van der Waals surface area contributed by atoms with Crippen molar-refractivity contribution in [3.05, 3.63) is 76.9 Å². The van der Waals surface area contributed by atoms with E-state index in [9.17, 15) is 4.79 Å². The number of carbonyl (C=O) groups excluding carboxylic acids is 1. The summed E-state index contributed by atoms with van der Waals surface area (Å²) in [6, 6.07) is 14.6. The van der Waals surface area contributed by atoms with Crippen molar-refractivity contribution in [3.8, 4) is 0 Å². The van der Waals surface area contributed by atoms with E-state index >= 15 is 0 Å². The monoisotopic (exact) mass is 456 g/mol. The fourth-order valence-electron chi connectivity index (χ4n) is 4.47. The number of aryl methyl sites for hydroxylation is 3. The van der Waals surface area contributed by atoms with E-state index < -0.39 is 6.10 Å². The molecule has 0 saturated heterocycles. The highest BCUT2D eigenvalue weighted by Gasteiger charge is 2.31. The Balaban J connectivity index is 1.31. The van der Waals surface area contributed by atoms with Crippen LogP contribution in [0.4, 0.5) is 5.69 Å². The first-order valence-corrected chi connectivity index (χ1v) is 11.5. The quantitative estimate of drug-likeness (QED) is 0.467. The van der Waals surface area contributed by atoms with E-state index in [1.165, 1.54) is 16.3 Å². The molecule has 1 unspecified atom stereocenters. The van der Waals surface area contributed by atoms with Crippen molar-refractivity contribution in [2.75, 3.05) is 5.32 Å². The summed E-state index contributed by atoms with van der Waals surface area (Å²) in [4.78, 5) is 18.5. The maximum atomic E-state index is 13.0. The zero-order valence-corrected chi connectivity index (χ0v) is 19.9. The largest absolute Gasteiger partial charge is 0.382 e. The van der Waals surface area contributed by atoms with E-state index in [2.05, 4.69) is 45.9 Å². The molecular formula is C26H28N6O2. The number of hydrogen-bond donors (Lipinski definition) is 1. The van der Waals surface area contributed by atoms with Crippen LogP contribution >= 0.6 is 0 Å². The third-order valence-electron chi connectivity index (χ3n) is 6.37. The Hall–Kier alpha value is -3.94. The molecule has 4 aromatic rings. The summed E-state index contributed by atoms with van der Waals surface area (Å²) in [7, 11) is 0. The van der Waals surface area contributed by atoms with E-state index in [0.717, 1.165) is 40.6 Å². The lowest BCUT2D eigenvalue weighted by Gasteiger charge is -2.11.